The van der Waals surface area contributed by atoms with E-state index >= 15 is 0 Å². The molecule has 0 aliphatic heterocycles. The third kappa shape index (κ3) is 2.80. The first kappa shape index (κ1) is 14.5. The van der Waals surface area contributed by atoms with Gasteiger partial charge in [0.25, 0.3) is 0 Å². The van der Waals surface area contributed by atoms with Crippen molar-refractivity contribution in [3.63, 3.8) is 0 Å². The van der Waals surface area contributed by atoms with Gasteiger partial charge in [0.15, 0.2) is 0 Å². The van der Waals surface area contributed by atoms with Crippen molar-refractivity contribution in [2.75, 3.05) is 0 Å². The van der Waals surface area contributed by atoms with E-state index < -0.39 is 0 Å². The van der Waals surface area contributed by atoms with Gasteiger partial charge in [-0.2, -0.15) is 0 Å². The van der Waals surface area contributed by atoms with Gasteiger partial charge in [-0.25, -0.2) is 0 Å². The molecule has 3 rings (SSSR count). The second-order valence-electron chi connectivity index (χ2n) is 4.93. The lowest BCUT2D eigenvalue weighted by atomic mass is 10.1. The second-order valence-corrected chi connectivity index (χ2v) is 6.26. The number of hydrogen-bond donors (Lipinski definition) is 1. The van der Waals surface area contributed by atoms with E-state index in [4.69, 9.17) is 5.73 Å². The normalized spacial score (nSPS) is 12.2. The maximum Gasteiger partial charge on any atom is 0.230 e. The van der Waals surface area contributed by atoms with Gasteiger partial charge in [0.2, 0.25) is 5.91 Å². The Kier molecular flexibility index (Phi) is 4.06. The Hall–Kier alpha value is -2.40. The van der Waals surface area contributed by atoms with Crippen LogP contribution in [0, 0.1) is 0 Å². The molecule has 0 aliphatic carbocycles. The van der Waals surface area contributed by atoms with Gasteiger partial charge in [-0.15, -0.1) is 10.2 Å². The van der Waals surface area contributed by atoms with Crippen LogP contribution >= 0.6 is 11.8 Å². The van der Waals surface area contributed by atoms with Crippen molar-refractivity contribution in [2.45, 2.75) is 17.2 Å². The minimum Gasteiger partial charge on any atom is -0.369 e. The number of hydrogen-bond acceptors (Lipinski definition) is 4. The molecule has 1 amide bonds. The number of rotatable bonds is 4. The quantitative estimate of drug-likeness (QED) is 0.751. The van der Waals surface area contributed by atoms with Gasteiger partial charge in [0, 0.05) is 16.3 Å². The number of amides is 1. The summed E-state index contributed by atoms with van der Waals surface area (Å²) in [7, 11) is 0. The Bertz CT molecular complexity index is 821. The fourth-order valence-electron chi connectivity index (χ4n) is 2.20. The van der Waals surface area contributed by atoms with Crippen molar-refractivity contribution in [2.24, 2.45) is 5.73 Å². The summed E-state index contributed by atoms with van der Waals surface area (Å²) in [6.45, 7) is 1.77. The summed E-state index contributed by atoms with van der Waals surface area (Å²) in [5.41, 5.74) is 7.20. The van der Waals surface area contributed by atoms with Crippen LogP contribution in [0.3, 0.4) is 0 Å². The van der Waals surface area contributed by atoms with E-state index in [0.717, 1.165) is 27.1 Å². The standard InChI is InChI=1S/C17H15N3OS/c1-11(16(18)21)22-17-14-10-6-5-9-13(14)15(19-20-17)12-7-3-2-4-8-12/h2-11H,1H3,(H2,18,21)/t11-/m0/s1. The molecule has 0 saturated carbocycles. The van der Waals surface area contributed by atoms with E-state index in [2.05, 4.69) is 10.2 Å². The predicted octanol–water partition coefficient (Wildman–Crippen LogP) is 3.26. The van der Waals surface area contributed by atoms with Gasteiger partial charge >= 0.3 is 0 Å². The minimum absolute atomic E-state index is 0.347. The molecule has 0 fully saturated rings. The highest BCUT2D eigenvalue weighted by molar-refractivity contribution is 8.00. The monoisotopic (exact) mass is 309 g/mol. The van der Waals surface area contributed by atoms with Crippen molar-refractivity contribution in [3.8, 4) is 11.3 Å². The Morgan fingerprint density at radius 1 is 1.00 bits per heavy atom. The third-order valence-electron chi connectivity index (χ3n) is 3.39. The molecular formula is C17H15N3OS. The van der Waals surface area contributed by atoms with Crippen molar-refractivity contribution in [3.05, 3.63) is 54.6 Å². The van der Waals surface area contributed by atoms with E-state index in [1.807, 2.05) is 54.6 Å². The predicted molar refractivity (Wildman–Crippen MR) is 89.5 cm³/mol. The molecule has 0 aliphatic rings. The highest BCUT2D eigenvalue weighted by Gasteiger charge is 2.16. The molecule has 0 saturated heterocycles. The number of primary amides is 1. The molecule has 4 nitrogen and oxygen atoms in total. The summed E-state index contributed by atoms with van der Waals surface area (Å²) in [6.07, 6.45) is 0. The molecule has 2 N–H and O–H groups in total. The number of nitrogens with zero attached hydrogens (tertiary/aromatic N) is 2. The van der Waals surface area contributed by atoms with E-state index in [-0.39, 0.29) is 11.2 Å². The molecule has 0 spiro atoms. The van der Waals surface area contributed by atoms with Crippen molar-refractivity contribution in [1.29, 1.82) is 0 Å². The van der Waals surface area contributed by atoms with E-state index in [0.29, 0.717) is 0 Å². The first-order chi connectivity index (χ1) is 10.7. The summed E-state index contributed by atoms with van der Waals surface area (Å²) in [5, 5.41) is 11.1. The molecule has 22 heavy (non-hydrogen) atoms. The van der Waals surface area contributed by atoms with Crippen LogP contribution in [0.2, 0.25) is 0 Å². The first-order valence-corrected chi connectivity index (χ1v) is 7.81. The lowest BCUT2D eigenvalue weighted by Crippen LogP contribution is -2.22. The summed E-state index contributed by atoms with van der Waals surface area (Å²) < 4.78 is 0. The number of nitrogens with two attached hydrogens (primary N) is 1. The van der Waals surface area contributed by atoms with Crippen molar-refractivity contribution < 1.29 is 4.79 Å². The average molecular weight is 309 g/mol. The Balaban J connectivity index is 2.13. The van der Waals surface area contributed by atoms with Crippen LogP contribution in [0.1, 0.15) is 6.92 Å². The summed E-state index contributed by atoms with van der Waals surface area (Å²) >= 11 is 1.34. The largest absolute Gasteiger partial charge is 0.369 e. The molecule has 5 heteroatoms. The zero-order chi connectivity index (χ0) is 15.5. The van der Waals surface area contributed by atoms with Crippen LogP contribution in [0.5, 0.6) is 0 Å². The minimum atomic E-state index is -0.358. The summed E-state index contributed by atoms with van der Waals surface area (Å²) in [4.78, 5) is 11.3. The molecule has 110 valence electrons. The highest BCUT2D eigenvalue weighted by atomic mass is 32.2. The van der Waals surface area contributed by atoms with E-state index in [1.54, 1.807) is 6.92 Å². The van der Waals surface area contributed by atoms with Crippen LogP contribution in [0.25, 0.3) is 22.0 Å². The van der Waals surface area contributed by atoms with Crippen LogP contribution in [0.4, 0.5) is 0 Å². The fraction of sp³-hybridized carbons (Fsp3) is 0.118. The molecule has 1 heterocycles. The molecular weight excluding hydrogens is 294 g/mol. The SMILES string of the molecule is C[C@H](Sc1nnc(-c2ccccc2)c2ccccc12)C(N)=O. The molecule has 0 bridgehead atoms. The lowest BCUT2D eigenvalue weighted by molar-refractivity contribution is -0.117. The third-order valence-corrected chi connectivity index (χ3v) is 4.50. The molecule has 0 unspecified atom stereocenters. The van der Waals surface area contributed by atoms with Crippen LogP contribution < -0.4 is 5.73 Å². The second kappa shape index (κ2) is 6.15. The van der Waals surface area contributed by atoms with Crippen LogP contribution in [-0.2, 0) is 4.79 Å². The first-order valence-electron chi connectivity index (χ1n) is 6.93. The molecule has 1 atom stereocenters. The zero-order valence-corrected chi connectivity index (χ0v) is 12.9. The molecule has 0 radical (unpaired) electrons. The molecule has 1 aromatic heterocycles. The van der Waals surface area contributed by atoms with Gasteiger partial charge in [0.1, 0.15) is 10.7 Å². The lowest BCUT2D eigenvalue weighted by Gasteiger charge is -2.11. The summed E-state index contributed by atoms with van der Waals surface area (Å²) in [5.74, 6) is -0.358. The van der Waals surface area contributed by atoms with Gasteiger partial charge in [-0.1, -0.05) is 66.4 Å². The molecule has 3 aromatic rings. The maximum atomic E-state index is 11.3. The number of thioether (sulfide) groups is 1. The number of benzene rings is 2. The number of fused-ring (bicyclic) bond motifs is 1. The number of aromatic nitrogens is 2. The number of carbonyl (C=O) groups excluding carboxylic acids is 1. The molecule has 2 aromatic carbocycles. The van der Waals surface area contributed by atoms with Crippen molar-refractivity contribution in [1.82, 2.24) is 10.2 Å². The Morgan fingerprint density at radius 3 is 2.32 bits per heavy atom. The van der Waals surface area contributed by atoms with Gasteiger partial charge in [-0.3, -0.25) is 4.79 Å². The highest BCUT2D eigenvalue weighted by Crippen LogP contribution is 2.33. The Labute approximate surface area is 132 Å². The van der Waals surface area contributed by atoms with E-state index in [9.17, 15) is 4.79 Å². The number of carbonyl (C=O) groups is 1. The summed E-state index contributed by atoms with van der Waals surface area (Å²) in [6, 6.07) is 17.9. The van der Waals surface area contributed by atoms with Crippen LogP contribution in [0.15, 0.2) is 59.6 Å². The topological polar surface area (TPSA) is 68.9 Å². The van der Waals surface area contributed by atoms with E-state index in [1.165, 1.54) is 11.8 Å². The smallest absolute Gasteiger partial charge is 0.230 e. The van der Waals surface area contributed by atoms with Crippen molar-refractivity contribution >= 4 is 28.4 Å². The average Bonchev–Trinajstić information content (AvgIpc) is 2.56. The Morgan fingerprint density at radius 2 is 1.64 bits per heavy atom. The van der Waals surface area contributed by atoms with Gasteiger partial charge in [-0.05, 0) is 6.92 Å². The zero-order valence-electron chi connectivity index (χ0n) is 12.1. The van der Waals surface area contributed by atoms with Crippen LogP contribution in [-0.4, -0.2) is 21.4 Å². The van der Waals surface area contributed by atoms with Gasteiger partial charge in [0.05, 0.1) is 5.25 Å². The maximum absolute atomic E-state index is 11.3. The van der Waals surface area contributed by atoms with Gasteiger partial charge < -0.3 is 5.73 Å². The fourth-order valence-corrected chi connectivity index (χ4v) is 3.05.